The molecule has 1 atom stereocenters. The average Bonchev–Trinajstić information content (AvgIpc) is 2.94. The summed E-state index contributed by atoms with van der Waals surface area (Å²) in [5, 5.41) is 3.26. The van der Waals surface area contributed by atoms with Crippen molar-refractivity contribution in [2.45, 2.75) is 25.3 Å². The molecule has 0 bridgehead atoms. The Kier molecular flexibility index (Phi) is 6.62. The van der Waals surface area contributed by atoms with Crippen molar-refractivity contribution in [2.75, 3.05) is 38.8 Å². The van der Waals surface area contributed by atoms with Crippen molar-refractivity contribution in [1.29, 1.82) is 0 Å². The molecule has 1 heterocycles. The van der Waals surface area contributed by atoms with Crippen molar-refractivity contribution in [3.8, 4) is 5.75 Å². The van der Waals surface area contributed by atoms with Gasteiger partial charge < -0.3 is 15.0 Å². The maximum absolute atomic E-state index is 12.1. The summed E-state index contributed by atoms with van der Waals surface area (Å²) in [6, 6.07) is 7.76. The van der Waals surface area contributed by atoms with Crippen LogP contribution in [0.5, 0.6) is 5.75 Å². The molecule has 7 heteroatoms. The molecule has 1 aromatic carbocycles. The van der Waals surface area contributed by atoms with Crippen LogP contribution in [0, 0.1) is 0 Å². The van der Waals surface area contributed by atoms with E-state index < -0.39 is 9.84 Å². The standard InChI is InChI=1S/C17H26N2O4S/c1-19(15-9-12-24(21,22)13-15)17(20)8-11-18-10-7-14-3-5-16(23-2)6-4-14/h3-6,15,18H,7-13H2,1-2H3. The molecule has 1 amide bonds. The maximum atomic E-state index is 12.1. The Hall–Kier alpha value is -1.60. The van der Waals surface area contributed by atoms with E-state index in [4.69, 9.17) is 4.74 Å². The highest BCUT2D eigenvalue weighted by Crippen LogP contribution is 2.17. The Bertz CT molecular complexity index is 643. The topological polar surface area (TPSA) is 75.7 Å². The van der Waals surface area contributed by atoms with Crippen molar-refractivity contribution in [3.05, 3.63) is 29.8 Å². The van der Waals surface area contributed by atoms with Gasteiger partial charge in [0.25, 0.3) is 0 Å². The zero-order valence-electron chi connectivity index (χ0n) is 14.3. The predicted octanol–water partition coefficient (Wildman–Crippen LogP) is 0.863. The molecule has 1 N–H and O–H groups in total. The van der Waals surface area contributed by atoms with Gasteiger partial charge in [-0.15, -0.1) is 0 Å². The molecule has 1 saturated heterocycles. The lowest BCUT2D eigenvalue weighted by Crippen LogP contribution is -2.39. The number of carbonyl (C=O) groups is 1. The lowest BCUT2D eigenvalue weighted by Gasteiger charge is -2.23. The first-order valence-electron chi connectivity index (χ1n) is 8.21. The van der Waals surface area contributed by atoms with E-state index in [-0.39, 0.29) is 23.5 Å². The summed E-state index contributed by atoms with van der Waals surface area (Å²) in [5.41, 5.74) is 1.21. The summed E-state index contributed by atoms with van der Waals surface area (Å²) in [5.74, 6) is 1.12. The van der Waals surface area contributed by atoms with Gasteiger partial charge in [-0.1, -0.05) is 12.1 Å². The quantitative estimate of drug-likeness (QED) is 0.701. The van der Waals surface area contributed by atoms with Crippen molar-refractivity contribution >= 4 is 15.7 Å². The third kappa shape index (κ3) is 5.49. The van der Waals surface area contributed by atoms with Crippen LogP contribution in [0.3, 0.4) is 0 Å². The first-order valence-corrected chi connectivity index (χ1v) is 10.0. The van der Waals surface area contributed by atoms with E-state index in [1.165, 1.54) is 5.56 Å². The lowest BCUT2D eigenvalue weighted by atomic mass is 10.1. The van der Waals surface area contributed by atoms with Crippen LogP contribution >= 0.6 is 0 Å². The van der Waals surface area contributed by atoms with Crippen molar-refractivity contribution < 1.29 is 17.9 Å². The number of hydrogen-bond acceptors (Lipinski definition) is 5. The molecular weight excluding hydrogens is 328 g/mol. The molecule has 1 aliphatic rings. The normalized spacial score (nSPS) is 19.2. The predicted molar refractivity (Wildman–Crippen MR) is 94.0 cm³/mol. The van der Waals surface area contributed by atoms with E-state index in [2.05, 4.69) is 5.32 Å². The van der Waals surface area contributed by atoms with Crippen LogP contribution in [0.15, 0.2) is 24.3 Å². The van der Waals surface area contributed by atoms with Crippen LogP contribution < -0.4 is 10.1 Å². The number of ether oxygens (including phenoxy) is 1. The highest BCUT2D eigenvalue weighted by atomic mass is 32.2. The van der Waals surface area contributed by atoms with Crippen molar-refractivity contribution in [1.82, 2.24) is 10.2 Å². The lowest BCUT2D eigenvalue weighted by molar-refractivity contribution is -0.131. The molecule has 0 radical (unpaired) electrons. The van der Waals surface area contributed by atoms with Gasteiger partial charge in [0.1, 0.15) is 5.75 Å². The molecule has 1 unspecified atom stereocenters. The Balaban J connectivity index is 1.63. The number of amides is 1. The van der Waals surface area contributed by atoms with Gasteiger partial charge in [0.15, 0.2) is 9.84 Å². The zero-order valence-corrected chi connectivity index (χ0v) is 15.1. The molecule has 2 rings (SSSR count). The maximum Gasteiger partial charge on any atom is 0.223 e. The number of nitrogens with one attached hydrogen (secondary N) is 1. The summed E-state index contributed by atoms with van der Waals surface area (Å²) in [6.45, 7) is 1.39. The number of benzene rings is 1. The number of rotatable bonds is 8. The van der Waals surface area contributed by atoms with Gasteiger partial charge in [-0.05, 0) is 37.1 Å². The minimum Gasteiger partial charge on any atom is -0.497 e. The van der Waals surface area contributed by atoms with Gasteiger partial charge in [0.2, 0.25) is 5.91 Å². The number of nitrogens with zero attached hydrogens (tertiary/aromatic N) is 1. The summed E-state index contributed by atoms with van der Waals surface area (Å²) < 4.78 is 28.1. The molecule has 1 aliphatic heterocycles. The van der Waals surface area contributed by atoms with Gasteiger partial charge in [-0.2, -0.15) is 0 Å². The molecule has 0 aromatic heterocycles. The fourth-order valence-corrected chi connectivity index (χ4v) is 4.58. The second-order valence-corrected chi connectivity index (χ2v) is 8.39. The van der Waals surface area contributed by atoms with E-state index in [1.807, 2.05) is 24.3 Å². The molecule has 0 saturated carbocycles. The van der Waals surface area contributed by atoms with E-state index in [0.29, 0.717) is 19.4 Å². The van der Waals surface area contributed by atoms with Crippen LogP contribution in [-0.4, -0.2) is 64.0 Å². The summed E-state index contributed by atoms with van der Waals surface area (Å²) in [6.07, 6.45) is 1.82. The van der Waals surface area contributed by atoms with Crippen LogP contribution in [0.1, 0.15) is 18.4 Å². The van der Waals surface area contributed by atoms with Gasteiger partial charge in [-0.3, -0.25) is 4.79 Å². The summed E-state index contributed by atoms with van der Waals surface area (Å²) in [7, 11) is 0.387. The van der Waals surface area contributed by atoms with Gasteiger partial charge in [-0.25, -0.2) is 8.42 Å². The first-order chi connectivity index (χ1) is 11.4. The third-order valence-corrected chi connectivity index (χ3v) is 6.17. The number of methoxy groups -OCH3 is 1. The first kappa shape index (κ1) is 18.7. The van der Waals surface area contributed by atoms with E-state index in [1.54, 1.807) is 19.1 Å². The molecule has 24 heavy (non-hydrogen) atoms. The SMILES string of the molecule is COc1ccc(CCNCCC(=O)N(C)C2CCS(=O)(=O)C2)cc1. The molecule has 1 fully saturated rings. The summed E-state index contributed by atoms with van der Waals surface area (Å²) in [4.78, 5) is 13.7. The Labute approximate surface area is 144 Å². The fourth-order valence-electron chi connectivity index (χ4n) is 2.81. The molecule has 1 aromatic rings. The molecular formula is C17H26N2O4S. The van der Waals surface area contributed by atoms with Crippen molar-refractivity contribution in [2.24, 2.45) is 0 Å². The monoisotopic (exact) mass is 354 g/mol. The van der Waals surface area contributed by atoms with Gasteiger partial charge >= 0.3 is 0 Å². The van der Waals surface area contributed by atoms with E-state index in [0.717, 1.165) is 18.7 Å². The smallest absolute Gasteiger partial charge is 0.223 e. The highest BCUT2D eigenvalue weighted by Gasteiger charge is 2.32. The third-order valence-electron chi connectivity index (χ3n) is 4.41. The fraction of sp³-hybridized carbons (Fsp3) is 0.588. The molecule has 6 nitrogen and oxygen atoms in total. The highest BCUT2D eigenvalue weighted by molar-refractivity contribution is 7.91. The number of hydrogen-bond donors (Lipinski definition) is 1. The van der Waals surface area contributed by atoms with Crippen LogP contribution in [-0.2, 0) is 21.1 Å². The molecule has 0 spiro atoms. The minimum absolute atomic E-state index is 0.00551. The second-order valence-electron chi connectivity index (χ2n) is 6.16. The molecule has 0 aliphatic carbocycles. The zero-order chi connectivity index (χ0) is 17.6. The largest absolute Gasteiger partial charge is 0.497 e. The van der Waals surface area contributed by atoms with Crippen molar-refractivity contribution in [3.63, 3.8) is 0 Å². The minimum atomic E-state index is -2.96. The van der Waals surface area contributed by atoms with Crippen LogP contribution in [0.4, 0.5) is 0 Å². The Morgan fingerprint density at radius 3 is 2.58 bits per heavy atom. The Morgan fingerprint density at radius 1 is 1.29 bits per heavy atom. The average molecular weight is 354 g/mol. The van der Waals surface area contributed by atoms with Gasteiger partial charge in [0, 0.05) is 26.1 Å². The van der Waals surface area contributed by atoms with E-state index >= 15 is 0 Å². The van der Waals surface area contributed by atoms with Crippen LogP contribution in [0.2, 0.25) is 0 Å². The van der Waals surface area contributed by atoms with Crippen LogP contribution in [0.25, 0.3) is 0 Å². The van der Waals surface area contributed by atoms with Gasteiger partial charge in [0.05, 0.1) is 18.6 Å². The number of sulfone groups is 1. The molecule has 134 valence electrons. The number of carbonyl (C=O) groups excluding carboxylic acids is 1. The Morgan fingerprint density at radius 2 is 2.00 bits per heavy atom. The van der Waals surface area contributed by atoms with E-state index in [9.17, 15) is 13.2 Å². The second kappa shape index (κ2) is 8.48. The summed E-state index contributed by atoms with van der Waals surface area (Å²) >= 11 is 0.